The molecule has 1 aromatic rings. The molecule has 116 valence electrons. The quantitative estimate of drug-likeness (QED) is 0.598. The van der Waals surface area contributed by atoms with Crippen molar-refractivity contribution in [1.29, 1.82) is 0 Å². The van der Waals surface area contributed by atoms with E-state index in [1.807, 2.05) is 6.07 Å². The zero-order chi connectivity index (χ0) is 15.2. The third-order valence-corrected chi connectivity index (χ3v) is 4.57. The largest absolute Gasteiger partial charge is 0.396 e. The Morgan fingerprint density at radius 3 is 2.86 bits per heavy atom. The molecule has 1 saturated carbocycles. The molecule has 1 aromatic carbocycles. The third-order valence-electron chi connectivity index (χ3n) is 4.57. The van der Waals surface area contributed by atoms with Gasteiger partial charge in [-0.2, -0.15) is 0 Å². The van der Waals surface area contributed by atoms with E-state index in [1.54, 1.807) is 12.1 Å². The first-order valence-electron chi connectivity index (χ1n) is 7.74. The van der Waals surface area contributed by atoms with Gasteiger partial charge in [-0.3, -0.25) is 10.1 Å². The van der Waals surface area contributed by atoms with E-state index in [0.29, 0.717) is 11.8 Å². The minimum absolute atomic E-state index is 0.129. The summed E-state index contributed by atoms with van der Waals surface area (Å²) < 4.78 is 0. The van der Waals surface area contributed by atoms with Crippen LogP contribution in [-0.4, -0.2) is 23.2 Å². The Labute approximate surface area is 125 Å². The number of hydrogen-bond acceptors (Lipinski definition) is 4. The highest BCUT2D eigenvalue weighted by atomic mass is 16.6. The predicted molar refractivity (Wildman–Crippen MR) is 82.0 cm³/mol. The molecule has 0 heterocycles. The Bertz CT molecular complexity index is 478. The predicted octanol–water partition coefficient (Wildman–Crippen LogP) is 3.04. The molecular weight excluding hydrogens is 268 g/mol. The van der Waals surface area contributed by atoms with E-state index in [0.717, 1.165) is 31.4 Å². The first-order valence-corrected chi connectivity index (χ1v) is 7.74. The van der Waals surface area contributed by atoms with Crippen molar-refractivity contribution in [2.45, 2.75) is 38.6 Å². The molecular formula is C16H24N2O3. The molecule has 3 unspecified atom stereocenters. The minimum Gasteiger partial charge on any atom is -0.396 e. The van der Waals surface area contributed by atoms with Crippen molar-refractivity contribution in [1.82, 2.24) is 5.32 Å². The zero-order valence-corrected chi connectivity index (χ0v) is 12.5. The number of rotatable bonds is 7. The van der Waals surface area contributed by atoms with Gasteiger partial charge in [0, 0.05) is 24.8 Å². The maximum Gasteiger partial charge on any atom is 0.269 e. The van der Waals surface area contributed by atoms with Crippen molar-refractivity contribution < 1.29 is 10.0 Å². The molecule has 1 aliphatic carbocycles. The van der Waals surface area contributed by atoms with Crippen LogP contribution >= 0.6 is 0 Å². The van der Waals surface area contributed by atoms with E-state index in [4.69, 9.17) is 0 Å². The number of hydrogen-bond donors (Lipinski definition) is 2. The Kier molecular flexibility index (Phi) is 5.70. The van der Waals surface area contributed by atoms with Gasteiger partial charge in [-0.25, -0.2) is 0 Å². The molecule has 0 aliphatic heterocycles. The molecule has 0 saturated heterocycles. The highest BCUT2D eigenvalue weighted by molar-refractivity contribution is 5.35. The van der Waals surface area contributed by atoms with Crippen LogP contribution in [0.4, 0.5) is 5.69 Å². The van der Waals surface area contributed by atoms with Crippen LogP contribution in [-0.2, 0) is 0 Å². The SMILES string of the molecule is CCC(NCC1CCCC1CO)c1cccc([N+](=O)[O-])c1. The second kappa shape index (κ2) is 7.52. The minimum atomic E-state index is -0.352. The van der Waals surface area contributed by atoms with Gasteiger partial charge in [-0.05, 0) is 43.2 Å². The van der Waals surface area contributed by atoms with Crippen LogP contribution in [0.3, 0.4) is 0 Å². The van der Waals surface area contributed by atoms with Crippen LogP contribution in [0.5, 0.6) is 0 Å². The monoisotopic (exact) mass is 292 g/mol. The standard InChI is InChI=1S/C16H24N2O3/c1-2-16(12-5-4-8-15(9-12)18(20)21)17-10-13-6-3-7-14(13)11-19/h4-5,8-9,13-14,16-17,19H,2-3,6-7,10-11H2,1H3. The average molecular weight is 292 g/mol. The van der Waals surface area contributed by atoms with E-state index in [9.17, 15) is 15.2 Å². The Morgan fingerprint density at radius 2 is 2.19 bits per heavy atom. The topological polar surface area (TPSA) is 75.4 Å². The summed E-state index contributed by atoms with van der Waals surface area (Å²) in [4.78, 5) is 10.5. The molecule has 0 bridgehead atoms. The van der Waals surface area contributed by atoms with Gasteiger partial charge in [0.05, 0.1) is 4.92 Å². The fourth-order valence-corrected chi connectivity index (χ4v) is 3.27. The van der Waals surface area contributed by atoms with Crippen molar-refractivity contribution in [2.24, 2.45) is 11.8 Å². The lowest BCUT2D eigenvalue weighted by Crippen LogP contribution is -2.30. The smallest absolute Gasteiger partial charge is 0.269 e. The van der Waals surface area contributed by atoms with Gasteiger partial charge in [0.15, 0.2) is 0 Å². The molecule has 5 nitrogen and oxygen atoms in total. The molecule has 2 N–H and O–H groups in total. The molecule has 0 radical (unpaired) electrons. The molecule has 0 amide bonds. The fraction of sp³-hybridized carbons (Fsp3) is 0.625. The number of nitro benzene ring substituents is 1. The van der Waals surface area contributed by atoms with Gasteiger partial charge in [0.25, 0.3) is 5.69 Å². The number of nitrogens with zero attached hydrogens (tertiary/aromatic N) is 1. The first-order chi connectivity index (χ1) is 10.2. The molecule has 21 heavy (non-hydrogen) atoms. The molecule has 5 heteroatoms. The van der Waals surface area contributed by atoms with Crippen LogP contribution in [0.1, 0.15) is 44.2 Å². The van der Waals surface area contributed by atoms with Crippen molar-refractivity contribution >= 4 is 5.69 Å². The van der Waals surface area contributed by atoms with Crippen molar-refractivity contribution in [3.05, 3.63) is 39.9 Å². The summed E-state index contributed by atoms with van der Waals surface area (Å²) >= 11 is 0. The summed E-state index contributed by atoms with van der Waals surface area (Å²) in [5.41, 5.74) is 1.10. The van der Waals surface area contributed by atoms with Gasteiger partial charge in [-0.15, -0.1) is 0 Å². The lowest BCUT2D eigenvalue weighted by molar-refractivity contribution is -0.384. The van der Waals surface area contributed by atoms with Gasteiger partial charge < -0.3 is 10.4 Å². The van der Waals surface area contributed by atoms with Gasteiger partial charge in [-0.1, -0.05) is 25.5 Å². The number of aliphatic hydroxyl groups excluding tert-OH is 1. The molecule has 0 spiro atoms. The van der Waals surface area contributed by atoms with E-state index in [2.05, 4.69) is 12.2 Å². The van der Waals surface area contributed by atoms with Crippen LogP contribution in [0.15, 0.2) is 24.3 Å². The highest BCUT2D eigenvalue weighted by Crippen LogP contribution is 2.31. The van der Waals surface area contributed by atoms with Crippen LogP contribution in [0, 0.1) is 22.0 Å². The fourth-order valence-electron chi connectivity index (χ4n) is 3.27. The van der Waals surface area contributed by atoms with Gasteiger partial charge >= 0.3 is 0 Å². The van der Waals surface area contributed by atoms with Crippen molar-refractivity contribution in [3.63, 3.8) is 0 Å². The average Bonchev–Trinajstić information content (AvgIpc) is 2.95. The van der Waals surface area contributed by atoms with Crippen LogP contribution in [0.2, 0.25) is 0 Å². The summed E-state index contributed by atoms with van der Waals surface area (Å²) in [6.45, 7) is 3.21. The summed E-state index contributed by atoms with van der Waals surface area (Å²) in [6.07, 6.45) is 4.34. The van der Waals surface area contributed by atoms with Crippen molar-refractivity contribution in [3.8, 4) is 0 Å². The summed E-state index contributed by atoms with van der Waals surface area (Å²) in [7, 11) is 0. The van der Waals surface area contributed by atoms with Crippen LogP contribution < -0.4 is 5.32 Å². The zero-order valence-electron chi connectivity index (χ0n) is 12.5. The maximum atomic E-state index is 10.9. The van der Waals surface area contributed by atoms with E-state index >= 15 is 0 Å². The number of nitrogens with one attached hydrogen (secondary N) is 1. The van der Waals surface area contributed by atoms with E-state index < -0.39 is 0 Å². The second-order valence-corrected chi connectivity index (χ2v) is 5.85. The second-order valence-electron chi connectivity index (χ2n) is 5.85. The van der Waals surface area contributed by atoms with Gasteiger partial charge in [0.1, 0.15) is 0 Å². The maximum absolute atomic E-state index is 10.9. The normalized spacial score (nSPS) is 23.1. The lowest BCUT2D eigenvalue weighted by atomic mass is 9.95. The Morgan fingerprint density at radius 1 is 1.43 bits per heavy atom. The molecule has 1 aliphatic rings. The summed E-state index contributed by atoms with van der Waals surface area (Å²) in [6, 6.07) is 6.98. The van der Waals surface area contributed by atoms with Gasteiger partial charge in [0.2, 0.25) is 0 Å². The van der Waals surface area contributed by atoms with E-state index in [-0.39, 0.29) is 23.3 Å². The van der Waals surface area contributed by atoms with Crippen LogP contribution in [0.25, 0.3) is 0 Å². The number of non-ortho nitro benzene ring substituents is 1. The third kappa shape index (κ3) is 4.02. The summed E-state index contributed by atoms with van der Waals surface area (Å²) in [5, 5.41) is 23.8. The summed E-state index contributed by atoms with van der Waals surface area (Å²) in [5.74, 6) is 0.919. The number of nitro groups is 1. The molecule has 1 fully saturated rings. The van der Waals surface area contributed by atoms with E-state index in [1.165, 1.54) is 12.5 Å². The Balaban J connectivity index is 1.99. The lowest BCUT2D eigenvalue weighted by Gasteiger charge is -2.23. The molecule has 3 atom stereocenters. The van der Waals surface area contributed by atoms with Crippen molar-refractivity contribution in [2.75, 3.05) is 13.2 Å². The number of aliphatic hydroxyl groups is 1. The highest BCUT2D eigenvalue weighted by Gasteiger charge is 2.27. The number of benzene rings is 1. The first kappa shape index (κ1) is 15.9. The molecule has 0 aromatic heterocycles. The Hall–Kier alpha value is -1.46. The molecule has 2 rings (SSSR count).